The summed E-state index contributed by atoms with van der Waals surface area (Å²) in [5, 5.41) is 0.947. The van der Waals surface area contributed by atoms with Gasteiger partial charge in [0, 0.05) is 18.7 Å². The van der Waals surface area contributed by atoms with Gasteiger partial charge in [0.15, 0.2) is 0 Å². The Morgan fingerprint density at radius 3 is 2.32 bits per heavy atom. The second-order valence-electron chi connectivity index (χ2n) is 7.11. The van der Waals surface area contributed by atoms with Crippen LogP contribution in [0.1, 0.15) is 48.0 Å². The molecule has 0 saturated heterocycles. The van der Waals surface area contributed by atoms with E-state index in [1.165, 1.54) is 36.4 Å². The Morgan fingerprint density at radius 2 is 1.81 bits per heavy atom. The number of hydrogen-bond acceptors (Lipinski definition) is 5. The molecule has 7 nitrogen and oxygen atoms in total. The van der Waals surface area contributed by atoms with Crippen molar-refractivity contribution in [2.24, 2.45) is 0 Å². The Balaban J connectivity index is 2.20. The number of aromatic nitrogens is 1. The van der Waals surface area contributed by atoms with Crippen LogP contribution in [-0.2, 0) is 27.6 Å². The van der Waals surface area contributed by atoms with Crippen LogP contribution in [0.25, 0.3) is 6.08 Å². The molecule has 0 fully saturated rings. The summed E-state index contributed by atoms with van der Waals surface area (Å²) >= 11 is 0. The Labute approximate surface area is 177 Å². The summed E-state index contributed by atoms with van der Waals surface area (Å²) in [4.78, 5) is 16.0. The summed E-state index contributed by atoms with van der Waals surface area (Å²) in [7, 11) is -4.60. The van der Waals surface area contributed by atoms with E-state index in [1.54, 1.807) is 13.8 Å². The minimum atomic E-state index is -4.62. The van der Waals surface area contributed by atoms with Crippen LogP contribution in [0, 0.1) is 0 Å². The molecule has 0 radical (unpaired) electrons. The fraction of sp³-hybridized carbons (Fsp3) is 0.300. The van der Waals surface area contributed by atoms with E-state index in [1.807, 2.05) is 0 Å². The third-order valence-corrected chi connectivity index (χ3v) is 5.40. The number of carbonyl (C=O) groups is 1. The topological polar surface area (TPSA) is 122 Å². The van der Waals surface area contributed by atoms with E-state index in [2.05, 4.69) is 10.3 Å². The smallest absolute Gasteiger partial charge is 0.399 e. The van der Waals surface area contributed by atoms with Crippen LogP contribution in [0.5, 0.6) is 0 Å². The Kier molecular flexibility index (Phi) is 7.45. The fourth-order valence-electron chi connectivity index (χ4n) is 2.75. The third-order valence-electron chi connectivity index (χ3n) is 4.24. The SMILES string of the molecule is CC(C)=Cc1nc(C(F)(F)F)ccc1CNC(=O)CC(c1ccc(N)cc1)S(=O)(=O)O. The molecule has 0 aliphatic carbocycles. The summed E-state index contributed by atoms with van der Waals surface area (Å²) < 4.78 is 71.9. The predicted molar refractivity (Wildman–Crippen MR) is 110 cm³/mol. The van der Waals surface area contributed by atoms with Gasteiger partial charge in [0.25, 0.3) is 10.1 Å². The number of rotatable bonds is 7. The van der Waals surface area contributed by atoms with Crippen molar-refractivity contribution in [1.82, 2.24) is 10.3 Å². The number of nitrogens with zero attached hydrogens (tertiary/aromatic N) is 1. The number of nitrogens with one attached hydrogen (secondary N) is 1. The molecular weight excluding hydrogens is 435 g/mol. The number of nitrogen functional groups attached to an aromatic ring is 1. The number of hydrogen-bond donors (Lipinski definition) is 3. The molecule has 31 heavy (non-hydrogen) atoms. The zero-order valence-electron chi connectivity index (χ0n) is 16.8. The molecule has 1 unspecified atom stereocenters. The molecular formula is C20H22F3N3O4S. The molecule has 0 aliphatic heterocycles. The molecule has 1 amide bonds. The Morgan fingerprint density at radius 1 is 1.19 bits per heavy atom. The van der Waals surface area contributed by atoms with E-state index in [0.717, 1.165) is 6.07 Å². The van der Waals surface area contributed by atoms with Crippen molar-refractivity contribution in [3.8, 4) is 0 Å². The van der Waals surface area contributed by atoms with Gasteiger partial charge < -0.3 is 11.1 Å². The van der Waals surface area contributed by atoms with E-state index in [0.29, 0.717) is 16.8 Å². The molecule has 0 saturated carbocycles. The van der Waals surface area contributed by atoms with Crippen LogP contribution in [0.3, 0.4) is 0 Å². The lowest BCUT2D eigenvalue weighted by Gasteiger charge is -2.15. The van der Waals surface area contributed by atoms with Gasteiger partial charge in [-0.05, 0) is 49.2 Å². The molecule has 168 valence electrons. The zero-order valence-corrected chi connectivity index (χ0v) is 17.6. The first-order valence-electron chi connectivity index (χ1n) is 9.08. The maximum Gasteiger partial charge on any atom is 0.433 e. The van der Waals surface area contributed by atoms with Crippen LogP contribution in [0.15, 0.2) is 42.0 Å². The molecule has 0 aliphatic rings. The molecule has 1 atom stereocenters. The number of anilines is 1. The molecule has 2 rings (SSSR count). The van der Waals surface area contributed by atoms with Gasteiger partial charge in [0.2, 0.25) is 5.91 Å². The van der Waals surface area contributed by atoms with Crippen molar-refractivity contribution in [2.45, 2.75) is 38.2 Å². The highest BCUT2D eigenvalue weighted by Crippen LogP contribution is 2.29. The summed E-state index contributed by atoms with van der Waals surface area (Å²) in [5.41, 5.74) is 6.11. The summed E-state index contributed by atoms with van der Waals surface area (Å²) in [6, 6.07) is 7.64. The lowest BCUT2D eigenvalue weighted by molar-refractivity contribution is -0.141. The average molecular weight is 457 g/mol. The van der Waals surface area contributed by atoms with E-state index in [9.17, 15) is 30.9 Å². The largest absolute Gasteiger partial charge is 0.433 e. The van der Waals surface area contributed by atoms with Gasteiger partial charge in [-0.15, -0.1) is 0 Å². The number of nitrogens with two attached hydrogens (primary N) is 1. The number of pyridine rings is 1. The summed E-state index contributed by atoms with van der Waals surface area (Å²) in [5.74, 6) is -0.720. The molecule has 11 heteroatoms. The fourth-order valence-corrected chi connectivity index (χ4v) is 3.61. The molecule has 0 spiro atoms. The van der Waals surface area contributed by atoms with Crippen molar-refractivity contribution in [1.29, 1.82) is 0 Å². The molecule has 4 N–H and O–H groups in total. The summed E-state index contributed by atoms with van der Waals surface area (Å²) in [6.07, 6.45) is -3.76. The number of carbonyl (C=O) groups excluding carboxylic acids is 1. The standard InChI is InChI=1S/C20H22F3N3O4S/c1-12(2)9-16-14(5-8-18(26-16)20(21,22)23)11-25-19(27)10-17(31(28,29)30)13-3-6-15(24)7-4-13/h3-9,17H,10-11,24H2,1-2H3,(H,25,27)(H,28,29,30). The van der Waals surface area contributed by atoms with Crippen molar-refractivity contribution in [3.05, 3.63) is 64.5 Å². The van der Waals surface area contributed by atoms with Crippen LogP contribution < -0.4 is 11.1 Å². The third kappa shape index (κ3) is 7.07. The molecule has 1 heterocycles. The first-order chi connectivity index (χ1) is 14.3. The second kappa shape index (κ2) is 9.48. The van der Waals surface area contributed by atoms with Crippen LogP contribution >= 0.6 is 0 Å². The molecule has 0 bridgehead atoms. The van der Waals surface area contributed by atoms with Crippen LogP contribution in [-0.4, -0.2) is 23.9 Å². The Hall–Kier alpha value is -2.92. The monoisotopic (exact) mass is 457 g/mol. The normalized spacial score (nSPS) is 12.8. The van der Waals surface area contributed by atoms with E-state index in [4.69, 9.17) is 5.73 Å². The highest BCUT2D eigenvalue weighted by molar-refractivity contribution is 7.86. The van der Waals surface area contributed by atoms with E-state index >= 15 is 0 Å². The quantitative estimate of drug-likeness (QED) is 0.430. The summed E-state index contributed by atoms with van der Waals surface area (Å²) in [6.45, 7) is 3.20. The number of halogens is 3. The van der Waals surface area contributed by atoms with Crippen molar-refractivity contribution < 1.29 is 30.9 Å². The van der Waals surface area contributed by atoms with Crippen LogP contribution in [0.2, 0.25) is 0 Å². The number of alkyl halides is 3. The van der Waals surface area contributed by atoms with Crippen molar-refractivity contribution >= 4 is 27.8 Å². The highest BCUT2D eigenvalue weighted by Gasteiger charge is 2.33. The minimum absolute atomic E-state index is 0.0417. The van der Waals surface area contributed by atoms with Crippen molar-refractivity contribution in [3.63, 3.8) is 0 Å². The van der Waals surface area contributed by atoms with Gasteiger partial charge in [-0.3, -0.25) is 9.35 Å². The second-order valence-corrected chi connectivity index (χ2v) is 8.71. The maximum absolute atomic E-state index is 13.0. The van der Waals surface area contributed by atoms with E-state index < -0.39 is 39.6 Å². The van der Waals surface area contributed by atoms with Gasteiger partial charge in [-0.2, -0.15) is 21.6 Å². The van der Waals surface area contributed by atoms with Crippen LogP contribution in [0.4, 0.5) is 18.9 Å². The highest BCUT2D eigenvalue weighted by atomic mass is 32.2. The van der Waals surface area contributed by atoms with Crippen molar-refractivity contribution in [2.75, 3.05) is 5.73 Å². The van der Waals surface area contributed by atoms with Gasteiger partial charge in [0.05, 0.1) is 5.69 Å². The number of allylic oxidation sites excluding steroid dienone is 1. The number of benzene rings is 1. The van der Waals surface area contributed by atoms with Gasteiger partial charge in [-0.25, -0.2) is 4.98 Å². The lowest BCUT2D eigenvalue weighted by Crippen LogP contribution is -2.27. The van der Waals surface area contributed by atoms with E-state index in [-0.39, 0.29) is 17.8 Å². The number of amides is 1. The molecule has 1 aromatic carbocycles. The average Bonchev–Trinajstić information content (AvgIpc) is 2.64. The molecule has 2 aromatic rings. The lowest BCUT2D eigenvalue weighted by atomic mass is 10.1. The van der Waals surface area contributed by atoms with Gasteiger partial charge in [0.1, 0.15) is 10.9 Å². The predicted octanol–water partition coefficient (Wildman–Crippen LogP) is 3.74. The Bertz CT molecular complexity index is 1080. The molecule has 1 aromatic heterocycles. The van der Waals surface area contributed by atoms with Gasteiger partial charge >= 0.3 is 6.18 Å². The zero-order chi connectivity index (χ0) is 23.4. The first-order valence-corrected chi connectivity index (χ1v) is 10.6. The van der Waals surface area contributed by atoms with Gasteiger partial charge in [-0.1, -0.05) is 23.8 Å². The first kappa shape index (κ1) is 24.4. The maximum atomic E-state index is 13.0. The minimum Gasteiger partial charge on any atom is -0.399 e.